The molecule has 1 N–H and O–H groups in total. The van der Waals surface area contributed by atoms with Gasteiger partial charge in [0.1, 0.15) is 11.3 Å². The average Bonchev–Trinajstić information content (AvgIpc) is 3.17. The van der Waals surface area contributed by atoms with Crippen molar-refractivity contribution < 1.29 is 13.9 Å². The molecular formula is C24H25NO4. The summed E-state index contributed by atoms with van der Waals surface area (Å²) in [5.74, 6) is 0.251. The highest BCUT2D eigenvalue weighted by Gasteiger charge is 2.20. The highest BCUT2D eigenvalue weighted by molar-refractivity contribution is 5.92. The fourth-order valence-electron chi connectivity index (χ4n) is 3.75. The van der Waals surface area contributed by atoms with Gasteiger partial charge in [0.25, 0.3) is 5.91 Å². The molecule has 1 aromatic heterocycles. The van der Waals surface area contributed by atoms with Crippen molar-refractivity contribution in [3.63, 3.8) is 0 Å². The van der Waals surface area contributed by atoms with Gasteiger partial charge in [-0.25, -0.2) is 4.79 Å². The third kappa shape index (κ3) is 4.04. The molecule has 0 bridgehead atoms. The third-order valence-corrected chi connectivity index (χ3v) is 5.35. The summed E-state index contributed by atoms with van der Waals surface area (Å²) < 4.78 is 11.1. The second kappa shape index (κ2) is 7.39. The molecule has 0 unspecified atom stereocenters. The second-order valence-corrected chi connectivity index (χ2v) is 8.52. The Balaban J connectivity index is 1.42. The van der Waals surface area contributed by atoms with Crippen LogP contribution in [0.1, 0.15) is 43.9 Å². The summed E-state index contributed by atoms with van der Waals surface area (Å²) in [7, 11) is 0. The number of hydrogen-bond donors (Lipinski definition) is 1. The van der Waals surface area contributed by atoms with Crippen LogP contribution in [0.25, 0.3) is 11.0 Å². The summed E-state index contributed by atoms with van der Waals surface area (Å²) >= 11 is 0. The van der Waals surface area contributed by atoms with Gasteiger partial charge < -0.3 is 14.5 Å². The van der Waals surface area contributed by atoms with E-state index < -0.39 is 0 Å². The number of nitrogens with one attached hydrogen (secondary N) is 1. The lowest BCUT2D eigenvalue weighted by molar-refractivity contribution is -0.118. The molecule has 0 fully saturated rings. The third-order valence-electron chi connectivity index (χ3n) is 5.35. The van der Waals surface area contributed by atoms with E-state index >= 15 is 0 Å². The van der Waals surface area contributed by atoms with Gasteiger partial charge in [-0.2, -0.15) is 0 Å². The smallest absolute Gasteiger partial charge is 0.339 e. The van der Waals surface area contributed by atoms with E-state index in [9.17, 15) is 9.59 Å². The van der Waals surface area contributed by atoms with Crippen LogP contribution in [0.15, 0.2) is 51.7 Å². The molecule has 1 amide bonds. The summed E-state index contributed by atoms with van der Waals surface area (Å²) in [6.07, 6.45) is 2.66. The lowest BCUT2D eigenvalue weighted by Gasteiger charge is -2.19. The van der Waals surface area contributed by atoms with Crippen molar-refractivity contribution in [2.45, 2.75) is 45.4 Å². The molecule has 0 aliphatic heterocycles. The Hall–Kier alpha value is -3.08. The molecule has 29 heavy (non-hydrogen) atoms. The lowest BCUT2D eigenvalue weighted by atomic mass is 9.87. The Bertz CT molecular complexity index is 1120. The van der Waals surface area contributed by atoms with Gasteiger partial charge >= 0.3 is 5.63 Å². The van der Waals surface area contributed by atoms with E-state index in [2.05, 4.69) is 26.1 Å². The molecule has 0 radical (unpaired) electrons. The molecule has 3 aromatic rings. The predicted octanol–water partition coefficient (Wildman–Crippen LogP) is 4.60. The van der Waals surface area contributed by atoms with Crippen molar-refractivity contribution >= 4 is 22.6 Å². The largest absolute Gasteiger partial charge is 0.484 e. The van der Waals surface area contributed by atoms with Crippen molar-refractivity contribution in [2.75, 3.05) is 11.9 Å². The van der Waals surface area contributed by atoms with Gasteiger partial charge in [0.05, 0.1) is 0 Å². The van der Waals surface area contributed by atoms with Crippen LogP contribution < -0.4 is 15.7 Å². The Morgan fingerprint density at radius 1 is 1.07 bits per heavy atom. The quantitative estimate of drug-likeness (QED) is 0.660. The van der Waals surface area contributed by atoms with Crippen LogP contribution in [0.5, 0.6) is 5.75 Å². The molecule has 150 valence electrons. The van der Waals surface area contributed by atoms with Crippen molar-refractivity contribution in [3.8, 4) is 5.75 Å². The number of carbonyl (C=O) groups excluding carboxylic acids is 1. The minimum Gasteiger partial charge on any atom is -0.484 e. The van der Waals surface area contributed by atoms with Crippen molar-refractivity contribution in [1.29, 1.82) is 0 Å². The van der Waals surface area contributed by atoms with Crippen LogP contribution in [0.4, 0.5) is 5.69 Å². The maximum Gasteiger partial charge on any atom is 0.339 e. The number of anilines is 1. The molecule has 5 nitrogen and oxygen atoms in total. The topological polar surface area (TPSA) is 68.5 Å². The fraction of sp³-hybridized carbons (Fsp3) is 0.333. The summed E-state index contributed by atoms with van der Waals surface area (Å²) in [6, 6.07) is 13.2. The van der Waals surface area contributed by atoms with Gasteiger partial charge in [-0.05, 0) is 60.1 Å². The zero-order chi connectivity index (χ0) is 20.6. The normalized spacial score (nSPS) is 13.3. The van der Waals surface area contributed by atoms with Crippen LogP contribution >= 0.6 is 0 Å². The summed E-state index contributed by atoms with van der Waals surface area (Å²) in [5.41, 5.74) is 4.12. The number of carbonyl (C=O) groups is 1. The maximum atomic E-state index is 12.2. The molecule has 1 aliphatic carbocycles. The molecule has 0 atom stereocenters. The van der Waals surface area contributed by atoms with Crippen LogP contribution in [0.3, 0.4) is 0 Å². The fourth-order valence-corrected chi connectivity index (χ4v) is 3.75. The zero-order valence-corrected chi connectivity index (χ0v) is 17.0. The Morgan fingerprint density at radius 3 is 2.52 bits per heavy atom. The number of amides is 1. The first-order valence-corrected chi connectivity index (χ1v) is 9.93. The second-order valence-electron chi connectivity index (χ2n) is 8.52. The molecule has 0 saturated carbocycles. The number of hydrogen-bond acceptors (Lipinski definition) is 4. The zero-order valence-electron chi connectivity index (χ0n) is 17.0. The summed E-state index contributed by atoms with van der Waals surface area (Å²) in [6.45, 7) is 6.32. The summed E-state index contributed by atoms with van der Waals surface area (Å²) in [4.78, 5) is 24.3. The van der Waals surface area contributed by atoms with E-state index in [1.807, 2.05) is 36.4 Å². The molecule has 0 spiro atoms. The van der Waals surface area contributed by atoms with E-state index in [0.29, 0.717) is 11.3 Å². The maximum absolute atomic E-state index is 12.2. The molecule has 2 aromatic carbocycles. The summed E-state index contributed by atoms with van der Waals surface area (Å²) in [5, 5.41) is 3.79. The molecule has 5 heteroatoms. The van der Waals surface area contributed by atoms with Gasteiger partial charge in [0, 0.05) is 22.7 Å². The van der Waals surface area contributed by atoms with Gasteiger partial charge in [-0.15, -0.1) is 0 Å². The Labute approximate surface area is 169 Å². The highest BCUT2D eigenvalue weighted by Crippen LogP contribution is 2.29. The van der Waals surface area contributed by atoms with Crippen molar-refractivity contribution in [1.82, 2.24) is 0 Å². The average molecular weight is 391 g/mol. The minimum atomic E-state index is -0.265. The highest BCUT2D eigenvalue weighted by atomic mass is 16.5. The first kappa shape index (κ1) is 19.2. The van der Waals surface area contributed by atoms with Gasteiger partial charge in [0.15, 0.2) is 6.61 Å². The predicted molar refractivity (Wildman–Crippen MR) is 114 cm³/mol. The van der Waals surface area contributed by atoms with Crippen LogP contribution in [0, 0.1) is 0 Å². The van der Waals surface area contributed by atoms with Gasteiger partial charge in [0.2, 0.25) is 0 Å². The Morgan fingerprint density at radius 2 is 1.79 bits per heavy atom. The first-order chi connectivity index (χ1) is 13.8. The van der Waals surface area contributed by atoms with E-state index in [1.165, 1.54) is 5.56 Å². The minimum absolute atomic E-state index is 0.0663. The molecule has 0 saturated heterocycles. The van der Waals surface area contributed by atoms with Crippen molar-refractivity contribution in [2.24, 2.45) is 0 Å². The SMILES string of the molecule is CC(C)(C)c1ccc(NC(=O)COc2ccc3c4c(c(=O)oc3c2)CCC4)cc1. The lowest BCUT2D eigenvalue weighted by Crippen LogP contribution is -2.20. The Kier molecular flexibility index (Phi) is 4.91. The number of fused-ring (bicyclic) bond motifs is 3. The van der Waals surface area contributed by atoms with Gasteiger partial charge in [-0.3, -0.25) is 4.79 Å². The van der Waals surface area contributed by atoms with E-state index in [1.54, 1.807) is 6.07 Å². The van der Waals surface area contributed by atoms with E-state index in [0.717, 1.165) is 41.5 Å². The van der Waals surface area contributed by atoms with Crippen LogP contribution in [-0.2, 0) is 23.1 Å². The molecule has 1 aliphatic rings. The molecule has 4 rings (SSSR count). The number of benzene rings is 2. The number of ether oxygens (including phenoxy) is 1. The van der Waals surface area contributed by atoms with Crippen LogP contribution in [0.2, 0.25) is 0 Å². The van der Waals surface area contributed by atoms with E-state index in [4.69, 9.17) is 9.15 Å². The van der Waals surface area contributed by atoms with Gasteiger partial charge in [-0.1, -0.05) is 32.9 Å². The van der Waals surface area contributed by atoms with Crippen molar-refractivity contribution in [3.05, 3.63) is 69.6 Å². The van der Waals surface area contributed by atoms with Crippen LogP contribution in [-0.4, -0.2) is 12.5 Å². The standard InChI is InChI=1S/C24H25NO4/c1-24(2,3)15-7-9-16(10-8-15)25-22(26)14-28-17-11-12-19-18-5-4-6-20(18)23(27)29-21(19)13-17/h7-13H,4-6,14H2,1-3H3,(H,25,26). The number of rotatable bonds is 4. The monoisotopic (exact) mass is 391 g/mol. The van der Waals surface area contributed by atoms with E-state index in [-0.39, 0.29) is 23.6 Å². The molecular weight excluding hydrogens is 366 g/mol. The number of aryl methyl sites for hydroxylation is 1. The molecule has 1 heterocycles. The first-order valence-electron chi connectivity index (χ1n) is 9.93.